The molecular weight excluding hydrogens is 362 g/mol. The summed E-state index contributed by atoms with van der Waals surface area (Å²) >= 11 is 6.08. The molecule has 5 nitrogen and oxygen atoms in total. The molecule has 1 aliphatic rings. The van der Waals surface area contributed by atoms with E-state index in [1.54, 1.807) is 13.2 Å². The van der Waals surface area contributed by atoms with Crippen LogP contribution in [0.1, 0.15) is 10.4 Å². The Hall–Kier alpha value is -2.79. The van der Waals surface area contributed by atoms with Crippen molar-refractivity contribution in [1.82, 2.24) is 9.88 Å². The number of carbonyl (C=O) groups is 1. The van der Waals surface area contributed by atoms with Gasteiger partial charge in [0.05, 0.1) is 12.6 Å². The van der Waals surface area contributed by atoms with Gasteiger partial charge in [0.25, 0.3) is 5.91 Å². The molecule has 2 aromatic carbocycles. The Labute approximate surface area is 163 Å². The number of amides is 1. The van der Waals surface area contributed by atoms with E-state index in [0.29, 0.717) is 29.4 Å². The number of anilines is 1. The van der Waals surface area contributed by atoms with Gasteiger partial charge >= 0.3 is 0 Å². The number of nitrogens with zero attached hydrogens (tertiary/aromatic N) is 3. The van der Waals surface area contributed by atoms with Crippen molar-refractivity contribution in [2.75, 3.05) is 38.2 Å². The van der Waals surface area contributed by atoms with Gasteiger partial charge in [0.1, 0.15) is 5.75 Å². The zero-order chi connectivity index (χ0) is 18.8. The molecule has 0 N–H and O–H groups in total. The van der Waals surface area contributed by atoms with Crippen molar-refractivity contribution in [3.63, 3.8) is 0 Å². The third-order valence-corrected chi connectivity index (χ3v) is 5.14. The first kappa shape index (κ1) is 17.6. The molecule has 1 aliphatic heterocycles. The molecule has 1 saturated heterocycles. The van der Waals surface area contributed by atoms with Crippen molar-refractivity contribution < 1.29 is 9.53 Å². The number of fused-ring (bicyclic) bond motifs is 1. The van der Waals surface area contributed by atoms with Crippen LogP contribution in [0.3, 0.4) is 0 Å². The number of carbonyl (C=O) groups excluding carboxylic acids is 1. The average Bonchev–Trinajstić information content (AvgIpc) is 2.72. The second kappa shape index (κ2) is 7.45. The van der Waals surface area contributed by atoms with Gasteiger partial charge in [-0.1, -0.05) is 17.7 Å². The van der Waals surface area contributed by atoms with E-state index < -0.39 is 0 Å². The largest absolute Gasteiger partial charge is 0.497 e. The molecule has 2 heterocycles. The van der Waals surface area contributed by atoms with Crippen LogP contribution in [0.2, 0.25) is 5.02 Å². The van der Waals surface area contributed by atoms with Crippen LogP contribution >= 0.6 is 11.6 Å². The van der Waals surface area contributed by atoms with Crippen molar-refractivity contribution in [2.24, 2.45) is 0 Å². The van der Waals surface area contributed by atoms with Gasteiger partial charge in [0.15, 0.2) is 0 Å². The topological polar surface area (TPSA) is 45.7 Å². The quantitative estimate of drug-likeness (QED) is 0.691. The number of benzene rings is 2. The second-order valence-electron chi connectivity index (χ2n) is 6.50. The van der Waals surface area contributed by atoms with Crippen molar-refractivity contribution >= 4 is 34.1 Å². The fourth-order valence-electron chi connectivity index (χ4n) is 3.47. The summed E-state index contributed by atoms with van der Waals surface area (Å²) in [5, 5.41) is 1.76. The third kappa shape index (κ3) is 3.55. The van der Waals surface area contributed by atoms with Gasteiger partial charge < -0.3 is 14.5 Å². The number of halogens is 1. The molecule has 0 saturated carbocycles. The Morgan fingerprint density at radius 1 is 1.07 bits per heavy atom. The van der Waals surface area contributed by atoms with Crippen molar-refractivity contribution in [2.45, 2.75) is 0 Å². The SMILES string of the molecule is COc1cccc(C(=O)N2CCN(c3ccnc4cc(Cl)ccc34)CC2)c1. The molecule has 0 unspecified atom stereocenters. The number of piperazine rings is 1. The lowest BCUT2D eigenvalue weighted by atomic mass is 10.1. The number of aromatic nitrogens is 1. The maximum absolute atomic E-state index is 12.8. The molecule has 0 atom stereocenters. The highest BCUT2D eigenvalue weighted by atomic mass is 35.5. The fourth-order valence-corrected chi connectivity index (χ4v) is 3.64. The van der Waals surface area contributed by atoms with E-state index in [9.17, 15) is 4.79 Å². The highest BCUT2D eigenvalue weighted by Crippen LogP contribution is 2.28. The van der Waals surface area contributed by atoms with Crippen LogP contribution in [0, 0.1) is 0 Å². The molecule has 4 rings (SSSR count). The second-order valence-corrected chi connectivity index (χ2v) is 6.94. The van der Waals surface area contributed by atoms with E-state index in [4.69, 9.17) is 16.3 Å². The van der Waals surface area contributed by atoms with Crippen molar-refractivity contribution in [3.05, 3.63) is 65.3 Å². The first-order valence-corrected chi connectivity index (χ1v) is 9.26. The lowest BCUT2D eigenvalue weighted by Crippen LogP contribution is -2.48. The van der Waals surface area contributed by atoms with E-state index in [1.165, 1.54) is 0 Å². The van der Waals surface area contributed by atoms with Gasteiger partial charge in [-0.05, 0) is 42.5 Å². The lowest BCUT2D eigenvalue weighted by molar-refractivity contribution is 0.0746. The number of pyridine rings is 1. The Bertz CT molecular complexity index is 984. The van der Waals surface area contributed by atoms with Gasteiger partial charge in [-0.15, -0.1) is 0 Å². The summed E-state index contributed by atoms with van der Waals surface area (Å²) in [6.45, 7) is 2.90. The van der Waals surface area contributed by atoms with Crippen molar-refractivity contribution in [1.29, 1.82) is 0 Å². The lowest BCUT2D eigenvalue weighted by Gasteiger charge is -2.36. The standard InChI is InChI=1S/C21H20ClN3O2/c1-27-17-4-2-3-15(13-17)21(26)25-11-9-24(10-12-25)20-7-8-23-19-14-16(22)5-6-18(19)20/h2-8,13-14H,9-12H2,1H3. The molecule has 6 heteroatoms. The Kier molecular flexibility index (Phi) is 4.86. The zero-order valence-electron chi connectivity index (χ0n) is 15.1. The molecule has 3 aromatic rings. The van der Waals surface area contributed by atoms with Crippen molar-refractivity contribution in [3.8, 4) is 5.75 Å². The van der Waals surface area contributed by atoms with Gasteiger partial charge in [-0.25, -0.2) is 0 Å². The molecule has 0 aliphatic carbocycles. The maximum atomic E-state index is 12.8. The first-order valence-electron chi connectivity index (χ1n) is 8.88. The summed E-state index contributed by atoms with van der Waals surface area (Å²) in [7, 11) is 1.61. The minimum atomic E-state index is 0.0416. The number of ether oxygens (including phenoxy) is 1. The van der Waals surface area contributed by atoms with E-state index in [1.807, 2.05) is 53.6 Å². The van der Waals surface area contributed by atoms with Gasteiger partial charge in [-0.3, -0.25) is 9.78 Å². The van der Waals surface area contributed by atoms with E-state index in [2.05, 4.69) is 9.88 Å². The average molecular weight is 382 g/mol. The molecule has 0 bridgehead atoms. The van der Waals surface area contributed by atoms with E-state index >= 15 is 0 Å². The minimum Gasteiger partial charge on any atom is -0.497 e. The van der Waals surface area contributed by atoms with Crippen LogP contribution in [-0.4, -0.2) is 49.1 Å². The number of hydrogen-bond donors (Lipinski definition) is 0. The van der Waals surface area contributed by atoms with Crippen LogP contribution in [0.25, 0.3) is 10.9 Å². The monoisotopic (exact) mass is 381 g/mol. The molecule has 1 amide bonds. The molecule has 1 aromatic heterocycles. The van der Waals surface area contributed by atoms with Gasteiger partial charge in [-0.2, -0.15) is 0 Å². The highest BCUT2D eigenvalue weighted by Gasteiger charge is 2.23. The summed E-state index contributed by atoms with van der Waals surface area (Å²) in [5.74, 6) is 0.737. The molecule has 0 spiro atoms. The first-order chi connectivity index (χ1) is 13.2. The van der Waals surface area contributed by atoms with Crippen LogP contribution in [0.4, 0.5) is 5.69 Å². The molecule has 1 fully saturated rings. The van der Waals surface area contributed by atoms with Crippen LogP contribution in [0.15, 0.2) is 54.7 Å². The third-order valence-electron chi connectivity index (χ3n) is 4.91. The summed E-state index contributed by atoms with van der Waals surface area (Å²) < 4.78 is 5.22. The van der Waals surface area contributed by atoms with E-state index in [0.717, 1.165) is 29.7 Å². The number of hydrogen-bond acceptors (Lipinski definition) is 4. The molecule has 0 radical (unpaired) electrons. The molecular formula is C21H20ClN3O2. The minimum absolute atomic E-state index is 0.0416. The predicted molar refractivity (Wildman–Crippen MR) is 108 cm³/mol. The Morgan fingerprint density at radius 2 is 1.89 bits per heavy atom. The molecule has 138 valence electrons. The normalized spacial score (nSPS) is 14.4. The highest BCUT2D eigenvalue weighted by molar-refractivity contribution is 6.31. The number of rotatable bonds is 3. The molecule has 27 heavy (non-hydrogen) atoms. The van der Waals surface area contributed by atoms with Crippen LogP contribution in [-0.2, 0) is 0 Å². The zero-order valence-corrected chi connectivity index (χ0v) is 15.8. The predicted octanol–water partition coefficient (Wildman–Crippen LogP) is 3.86. The Morgan fingerprint density at radius 3 is 2.67 bits per heavy atom. The summed E-state index contributed by atoms with van der Waals surface area (Å²) in [5.41, 5.74) is 2.67. The Balaban J connectivity index is 1.50. The summed E-state index contributed by atoms with van der Waals surface area (Å²) in [6.07, 6.45) is 1.81. The van der Waals surface area contributed by atoms with Crippen LogP contribution < -0.4 is 9.64 Å². The van der Waals surface area contributed by atoms with Gasteiger partial charge in [0, 0.05) is 54.0 Å². The van der Waals surface area contributed by atoms with Gasteiger partial charge in [0.2, 0.25) is 0 Å². The van der Waals surface area contributed by atoms with Crippen LogP contribution in [0.5, 0.6) is 5.75 Å². The fraction of sp³-hybridized carbons (Fsp3) is 0.238. The summed E-state index contributed by atoms with van der Waals surface area (Å²) in [6, 6.07) is 15.1. The number of methoxy groups -OCH3 is 1. The summed E-state index contributed by atoms with van der Waals surface area (Å²) in [4.78, 5) is 21.4. The maximum Gasteiger partial charge on any atom is 0.254 e. The van der Waals surface area contributed by atoms with E-state index in [-0.39, 0.29) is 5.91 Å². The smallest absolute Gasteiger partial charge is 0.254 e.